The number of benzene rings is 2. The number of aryl methyl sites for hydroxylation is 2. The van der Waals surface area contributed by atoms with Gasteiger partial charge >= 0.3 is 11.4 Å². The van der Waals surface area contributed by atoms with Gasteiger partial charge in [-0.05, 0) is 61.6 Å². The molecule has 3 heterocycles. The van der Waals surface area contributed by atoms with E-state index in [1.54, 1.807) is 38.1 Å². The number of hydrogen-bond acceptors (Lipinski definition) is 5. The summed E-state index contributed by atoms with van der Waals surface area (Å²) >= 11 is 0. The van der Waals surface area contributed by atoms with Crippen LogP contribution in [0.1, 0.15) is 42.0 Å². The maximum Gasteiger partial charge on any atom is 0.347 e. The monoisotopic (exact) mass is 500 g/mol. The summed E-state index contributed by atoms with van der Waals surface area (Å²) in [6.45, 7) is 5.64. The number of hydrogen-bond donors (Lipinski definition) is 1. The third-order valence-electron chi connectivity index (χ3n) is 8.59. The van der Waals surface area contributed by atoms with E-state index in [0.717, 1.165) is 15.7 Å². The molecule has 37 heavy (non-hydrogen) atoms. The van der Waals surface area contributed by atoms with E-state index in [0.29, 0.717) is 16.8 Å². The van der Waals surface area contributed by atoms with Crippen molar-refractivity contribution in [1.29, 1.82) is 0 Å². The van der Waals surface area contributed by atoms with Crippen molar-refractivity contribution in [3.63, 3.8) is 0 Å². The lowest BCUT2D eigenvalue weighted by atomic mass is 9.56. The zero-order valence-corrected chi connectivity index (χ0v) is 21.1. The van der Waals surface area contributed by atoms with E-state index in [1.165, 1.54) is 21.3 Å². The van der Waals surface area contributed by atoms with Gasteiger partial charge in [-0.3, -0.25) is 9.59 Å². The summed E-state index contributed by atoms with van der Waals surface area (Å²) in [6.07, 6.45) is 2.16. The van der Waals surface area contributed by atoms with Crippen molar-refractivity contribution in [2.75, 3.05) is 4.90 Å². The van der Waals surface area contributed by atoms with Gasteiger partial charge in [-0.2, -0.15) is 0 Å². The predicted molar refractivity (Wildman–Crippen MR) is 137 cm³/mol. The summed E-state index contributed by atoms with van der Waals surface area (Å²) in [7, 11) is 1.45. The fraction of sp³-hybridized carbons (Fsp3) is 0.357. The van der Waals surface area contributed by atoms with Crippen LogP contribution in [0.3, 0.4) is 0 Å². The molecule has 0 spiro atoms. The van der Waals surface area contributed by atoms with Gasteiger partial charge in [0.25, 0.3) is 0 Å². The van der Waals surface area contributed by atoms with Crippen LogP contribution in [0.4, 0.5) is 5.69 Å². The van der Waals surface area contributed by atoms with Gasteiger partial charge in [0.1, 0.15) is 5.75 Å². The van der Waals surface area contributed by atoms with Crippen molar-refractivity contribution in [2.45, 2.75) is 45.7 Å². The van der Waals surface area contributed by atoms with Crippen molar-refractivity contribution in [2.24, 2.45) is 18.4 Å². The lowest BCUT2D eigenvalue weighted by molar-refractivity contribution is -0.129. The smallest absolute Gasteiger partial charge is 0.347 e. The number of aromatic hydroxyl groups is 1. The van der Waals surface area contributed by atoms with Crippen molar-refractivity contribution >= 4 is 17.5 Å². The third kappa shape index (κ3) is 2.91. The highest BCUT2D eigenvalue weighted by molar-refractivity contribution is 6.24. The predicted octanol–water partition coefficient (Wildman–Crippen LogP) is 2.54. The van der Waals surface area contributed by atoms with Gasteiger partial charge in [-0.25, -0.2) is 28.4 Å². The summed E-state index contributed by atoms with van der Waals surface area (Å²) in [5, 5.41) is 10.5. The molecule has 1 aromatic heterocycles. The van der Waals surface area contributed by atoms with Crippen molar-refractivity contribution < 1.29 is 14.7 Å². The molecule has 6 rings (SSSR count). The van der Waals surface area contributed by atoms with Crippen LogP contribution in [0.25, 0.3) is 0 Å². The average molecular weight is 501 g/mol. The number of para-hydroxylation sites is 1. The SMILES string of the molecule is Cc1cc([C@H]2C3=CCn4c(=O)n(C)c(=O)n4[C@@H]3C[C@H]3C(=O)N(c4ccccc4)C(=O)[C@@]23C)cc(C)c1O. The van der Waals surface area contributed by atoms with Gasteiger partial charge in [0.05, 0.1) is 29.6 Å². The minimum absolute atomic E-state index is 0.184. The summed E-state index contributed by atoms with van der Waals surface area (Å²) < 4.78 is 3.93. The first kappa shape index (κ1) is 23.3. The summed E-state index contributed by atoms with van der Waals surface area (Å²) in [6, 6.07) is 12.0. The molecule has 3 aromatic rings. The van der Waals surface area contributed by atoms with Crippen LogP contribution in [0, 0.1) is 25.2 Å². The van der Waals surface area contributed by atoms with Crippen molar-refractivity contribution in [1.82, 2.24) is 13.9 Å². The molecular weight excluding hydrogens is 472 g/mol. The number of aromatic nitrogens is 3. The minimum atomic E-state index is -1.12. The Labute approximate surface area is 212 Å². The summed E-state index contributed by atoms with van der Waals surface area (Å²) in [5.41, 5.74) is 1.50. The van der Waals surface area contributed by atoms with Crippen molar-refractivity contribution in [3.05, 3.63) is 91.8 Å². The van der Waals surface area contributed by atoms with Gasteiger partial charge in [-0.15, -0.1) is 0 Å². The maximum atomic E-state index is 14.2. The highest BCUT2D eigenvalue weighted by Crippen LogP contribution is 2.61. The number of rotatable bonds is 2. The fourth-order valence-electron chi connectivity index (χ4n) is 6.75. The second kappa shape index (κ2) is 7.68. The molecule has 0 radical (unpaired) electrons. The van der Waals surface area contributed by atoms with Gasteiger partial charge in [-0.1, -0.05) is 36.4 Å². The molecule has 1 saturated heterocycles. The topological polar surface area (TPSA) is 107 Å². The first-order valence-electron chi connectivity index (χ1n) is 12.4. The van der Waals surface area contributed by atoms with E-state index in [9.17, 15) is 24.3 Å². The molecule has 3 aliphatic rings. The van der Waals surface area contributed by atoms with E-state index < -0.39 is 34.7 Å². The fourth-order valence-corrected chi connectivity index (χ4v) is 6.75. The number of imide groups is 1. The van der Waals surface area contributed by atoms with Gasteiger partial charge in [0, 0.05) is 13.0 Å². The number of allylic oxidation sites excluding steroid dienone is 2. The Bertz CT molecular complexity index is 1620. The quantitative estimate of drug-likeness (QED) is 0.430. The molecule has 4 atom stereocenters. The Morgan fingerprint density at radius 1 is 0.973 bits per heavy atom. The molecule has 0 bridgehead atoms. The lowest BCUT2D eigenvalue weighted by Crippen LogP contribution is -2.49. The molecule has 1 aliphatic carbocycles. The first-order chi connectivity index (χ1) is 17.6. The number of carbonyl (C=O) groups is 2. The average Bonchev–Trinajstić information content (AvgIpc) is 3.22. The number of amides is 2. The first-order valence-corrected chi connectivity index (χ1v) is 12.4. The van der Waals surface area contributed by atoms with Crippen molar-refractivity contribution in [3.8, 4) is 5.75 Å². The molecule has 2 amide bonds. The molecule has 2 aliphatic heterocycles. The maximum absolute atomic E-state index is 14.2. The van der Waals surface area contributed by atoms with Gasteiger partial charge in [0.2, 0.25) is 11.8 Å². The van der Waals surface area contributed by atoms with Crippen LogP contribution >= 0.6 is 0 Å². The van der Waals surface area contributed by atoms with Crippen LogP contribution in [-0.4, -0.2) is 30.9 Å². The molecule has 2 aromatic carbocycles. The van der Waals surface area contributed by atoms with E-state index in [4.69, 9.17) is 0 Å². The highest BCUT2D eigenvalue weighted by atomic mass is 16.3. The Balaban J connectivity index is 1.61. The Kier molecular flexibility index (Phi) is 4.83. The summed E-state index contributed by atoms with van der Waals surface area (Å²) in [5.74, 6) is -1.66. The molecule has 190 valence electrons. The number of anilines is 1. The third-order valence-corrected chi connectivity index (χ3v) is 8.59. The molecule has 1 saturated carbocycles. The highest BCUT2D eigenvalue weighted by Gasteiger charge is 2.65. The molecule has 9 heteroatoms. The summed E-state index contributed by atoms with van der Waals surface area (Å²) in [4.78, 5) is 55.4. The van der Waals surface area contributed by atoms with Gasteiger partial charge in [0.15, 0.2) is 0 Å². The van der Waals surface area contributed by atoms with E-state index in [1.807, 2.05) is 31.2 Å². The van der Waals surface area contributed by atoms with Crippen LogP contribution in [0.15, 0.2) is 63.7 Å². The normalized spacial score (nSPS) is 26.5. The number of phenols is 1. The molecule has 9 nitrogen and oxygen atoms in total. The standard InChI is InChI=1S/C28H28N4O5/c1-15-12-17(13-16(2)23(15)33)22-19-10-11-30-26(36)29(4)27(37)32(30)21(19)14-20-24(34)31(25(35)28(20,22)3)18-8-6-5-7-9-18/h5-10,12-13,20-22,33H,11,14H2,1-4H3/t20-,21+,22-,28+/m0/s1. The van der Waals surface area contributed by atoms with Crippen LogP contribution in [0.5, 0.6) is 5.75 Å². The molecule has 0 unspecified atom stereocenters. The number of carbonyl (C=O) groups excluding carboxylic acids is 2. The zero-order chi connectivity index (χ0) is 26.4. The second-order valence-electron chi connectivity index (χ2n) is 10.6. The molecular formula is C28H28N4O5. The van der Waals surface area contributed by atoms with Crippen LogP contribution in [0.2, 0.25) is 0 Å². The van der Waals surface area contributed by atoms with Crippen LogP contribution < -0.4 is 16.3 Å². The zero-order valence-electron chi connectivity index (χ0n) is 21.1. The second-order valence-corrected chi connectivity index (χ2v) is 10.6. The number of phenolic OH excluding ortho intramolecular Hbond substituents is 1. The van der Waals surface area contributed by atoms with E-state index in [2.05, 4.69) is 0 Å². The Morgan fingerprint density at radius 2 is 1.62 bits per heavy atom. The van der Waals surface area contributed by atoms with E-state index >= 15 is 0 Å². The number of nitrogens with zero attached hydrogens (tertiary/aromatic N) is 4. The van der Waals surface area contributed by atoms with Crippen LogP contribution in [-0.2, 0) is 23.2 Å². The molecule has 1 N–H and O–H groups in total. The largest absolute Gasteiger partial charge is 0.507 e. The van der Waals surface area contributed by atoms with E-state index in [-0.39, 0.29) is 30.5 Å². The lowest BCUT2D eigenvalue weighted by Gasteiger charge is -2.47. The Hall–Kier alpha value is -4.14. The molecule has 2 fully saturated rings. The minimum Gasteiger partial charge on any atom is -0.507 e. The Morgan fingerprint density at radius 3 is 2.27 bits per heavy atom. The van der Waals surface area contributed by atoms with Gasteiger partial charge < -0.3 is 5.11 Å². The number of fused-ring (bicyclic) bond motifs is 4.